The molecule has 1 heterocycles. The summed E-state index contributed by atoms with van der Waals surface area (Å²) in [6.07, 6.45) is 1.63. The van der Waals surface area contributed by atoms with E-state index < -0.39 is 0 Å². The zero-order valence-corrected chi connectivity index (χ0v) is 12.3. The van der Waals surface area contributed by atoms with Crippen LogP contribution in [0.4, 0.5) is 5.69 Å². The first-order chi connectivity index (χ1) is 10.7. The van der Waals surface area contributed by atoms with E-state index in [1.807, 2.05) is 48.5 Å². The van der Waals surface area contributed by atoms with Gasteiger partial charge < -0.3 is 10.6 Å². The van der Waals surface area contributed by atoms with Gasteiger partial charge in [0.1, 0.15) is 23.1 Å². The van der Waals surface area contributed by atoms with Crippen LogP contribution in [-0.4, -0.2) is 4.98 Å². The lowest BCUT2D eigenvalue weighted by molar-refractivity contribution is 0.808. The van der Waals surface area contributed by atoms with Gasteiger partial charge in [0.05, 0.1) is 0 Å². The van der Waals surface area contributed by atoms with E-state index in [-0.39, 0.29) is 5.57 Å². The molecule has 2 aromatic rings. The molecule has 108 valence electrons. The van der Waals surface area contributed by atoms with E-state index in [0.717, 1.165) is 11.3 Å². The molecule has 0 aliphatic carbocycles. The fourth-order valence-electron chi connectivity index (χ4n) is 1.70. The summed E-state index contributed by atoms with van der Waals surface area (Å²) in [4.78, 5) is 3.99. The van der Waals surface area contributed by atoms with Crippen LogP contribution in [0.1, 0.15) is 5.56 Å². The molecule has 2 N–H and O–H groups in total. The maximum absolute atomic E-state index is 9.07. The van der Waals surface area contributed by atoms with Gasteiger partial charge >= 0.3 is 0 Å². The molecule has 0 atom stereocenters. The fraction of sp³-hybridized carbons (Fsp3) is 0.0625. The van der Waals surface area contributed by atoms with Crippen molar-refractivity contribution in [2.75, 3.05) is 5.32 Å². The van der Waals surface area contributed by atoms with Crippen molar-refractivity contribution in [3.05, 3.63) is 70.8 Å². The summed E-state index contributed by atoms with van der Waals surface area (Å²) in [5.41, 5.74) is 1.64. The number of pyridine rings is 1. The van der Waals surface area contributed by atoms with Crippen molar-refractivity contribution in [1.82, 2.24) is 10.3 Å². The Labute approximate surface area is 133 Å². The summed E-state index contributed by atoms with van der Waals surface area (Å²) in [7, 11) is 0. The van der Waals surface area contributed by atoms with Gasteiger partial charge in [-0.05, 0) is 23.8 Å². The van der Waals surface area contributed by atoms with Crippen LogP contribution in [0, 0.1) is 22.7 Å². The van der Waals surface area contributed by atoms with Gasteiger partial charge in [0.2, 0.25) is 0 Å². The Kier molecular flexibility index (Phi) is 5.37. The second kappa shape index (κ2) is 7.68. The molecule has 0 fully saturated rings. The SMILES string of the molecule is N#CC(C#N)=C(NCc1ccc(Cl)nc1)Nc1ccccc1. The summed E-state index contributed by atoms with van der Waals surface area (Å²) >= 11 is 5.74. The van der Waals surface area contributed by atoms with Crippen molar-refractivity contribution < 1.29 is 0 Å². The number of nitrogens with one attached hydrogen (secondary N) is 2. The molecule has 0 bridgehead atoms. The number of benzene rings is 1. The number of anilines is 1. The number of allylic oxidation sites excluding steroid dienone is 1. The molecule has 0 aliphatic heterocycles. The molecule has 0 saturated heterocycles. The Hall–Kier alpha value is -3.02. The van der Waals surface area contributed by atoms with E-state index in [4.69, 9.17) is 22.1 Å². The first-order valence-electron chi connectivity index (χ1n) is 6.44. The van der Waals surface area contributed by atoms with Gasteiger partial charge in [-0.1, -0.05) is 35.9 Å². The van der Waals surface area contributed by atoms with E-state index in [1.54, 1.807) is 12.3 Å². The number of halogens is 1. The second-order valence-electron chi connectivity index (χ2n) is 4.31. The Morgan fingerprint density at radius 1 is 1.09 bits per heavy atom. The van der Waals surface area contributed by atoms with Crippen LogP contribution < -0.4 is 10.6 Å². The maximum atomic E-state index is 9.07. The standard InChI is InChI=1S/C16H12ClN5/c17-15-7-6-12(10-20-15)11-21-16(13(8-18)9-19)22-14-4-2-1-3-5-14/h1-7,10,21-22H,11H2. The van der Waals surface area contributed by atoms with Gasteiger partial charge in [-0.3, -0.25) is 0 Å². The average Bonchev–Trinajstić information content (AvgIpc) is 2.56. The first kappa shape index (κ1) is 15.4. The normalized spacial score (nSPS) is 9.23. The molecule has 0 spiro atoms. The van der Waals surface area contributed by atoms with Gasteiger partial charge in [0.15, 0.2) is 5.57 Å². The quantitative estimate of drug-likeness (QED) is 0.654. The number of hydrogen-bond donors (Lipinski definition) is 2. The van der Waals surface area contributed by atoms with Crippen LogP contribution in [-0.2, 0) is 6.54 Å². The zero-order chi connectivity index (χ0) is 15.8. The van der Waals surface area contributed by atoms with E-state index in [1.165, 1.54) is 0 Å². The molecule has 0 saturated carbocycles. The highest BCUT2D eigenvalue weighted by Crippen LogP contribution is 2.11. The summed E-state index contributed by atoms with van der Waals surface area (Å²) in [5.74, 6) is 0.353. The van der Waals surface area contributed by atoms with Crippen LogP contribution in [0.3, 0.4) is 0 Å². The molecule has 2 rings (SSSR count). The Balaban J connectivity index is 2.16. The van der Waals surface area contributed by atoms with Crippen LogP contribution >= 0.6 is 11.6 Å². The number of aromatic nitrogens is 1. The monoisotopic (exact) mass is 309 g/mol. The largest absolute Gasteiger partial charge is 0.366 e. The maximum Gasteiger partial charge on any atom is 0.169 e. The Morgan fingerprint density at radius 2 is 1.82 bits per heavy atom. The van der Waals surface area contributed by atoms with Crippen LogP contribution in [0.5, 0.6) is 0 Å². The molecule has 1 aromatic heterocycles. The lowest BCUT2D eigenvalue weighted by atomic mass is 10.2. The minimum absolute atomic E-state index is 0.0224. The van der Waals surface area contributed by atoms with Gasteiger partial charge in [-0.2, -0.15) is 10.5 Å². The molecule has 0 radical (unpaired) electrons. The van der Waals surface area contributed by atoms with Crippen molar-refractivity contribution in [2.24, 2.45) is 0 Å². The van der Waals surface area contributed by atoms with Gasteiger partial charge in [-0.15, -0.1) is 0 Å². The highest BCUT2D eigenvalue weighted by molar-refractivity contribution is 6.29. The highest BCUT2D eigenvalue weighted by atomic mass is 35.5. The predicted octanol–water partition coefficient (Wildman–Crippen LogP) is 3.20. The minimum atomic E-state index is -0.0224. The summed E-state index contributed by atoms with van der Waals surface area (Å²) in [5, 5.41) is 24.6. The first-order valence-corrected chi connectivity index (χ1v) is 6.81. The van der Waals surface area contributed by atoms with Crippen molar-refractivity contribution in [3.63, 3.8) is 0 Å². The number of hydrogen-bond acceptors (Lipinski definition) is 5. The summed E-state index contributed by atoms with van der Waals surface area (Å²) < 4.78 is 0. The third-order valence-electron chi connectivity index (χ3n) is 2.77. The molecule has 22 heavy (non-hydrogen) atoms. The summed E-state index contributed by atoms with van der Waals surface area (Å²) in [6, 6.07) is 16.6. The molecule has 5 nitrogen and oxygen atoms in total. The molecule has 6 heteroatoms. The molecule has 0 amide bonds. The van der Waals surface area contributed by atoms with E-state index in [9.17, 15) is 0 Å². The lowest BCUT2D eigenvalue weighted by Crippen LogP contribution is -2.21. The van der Waals surface area contributed by atoms with Crippen LogP contribution in [0.2, 0.25) is 5.15 Å². The van der Waals surface area contributed by atoms with Crippen molar-refractivity contribution in [3.8, 4) is 12.1 Å². The smallest absolute Gasteiger partial charge is 0.169 e. The summed E-state index contributed by atoms with van der Waals surface area (Å²) in [6.45, 7) is 0.409. The topological polar surface area (TPSA) is 84.5 Å². The zero-order valence-electron chi connectivity index (χ0n) is 11.5. The molecule has 0 unspecified atom stereocenters. The number of nitrogens with zero attached hydrogens (tertiary/aromatic N) is 3. The van der Waals surface area contributed by atoms with Crippen LogP contribution in [0.25, 0.3) is 0 Å². The Morgan fingerprint density at radius 3 is 2.41 bits per heavy atom. The number of nitriles is 2. The van der Waals surface area contributed by atoms with E-state index in [0.29, 0.717) is 17.5 Å². The van der Waals surface area contributed by atoms with E-state index >= 15 is 0 Å². The molecular formula is C16H12ClN5. The highest BCUT2D eigenvalue weighted by Gasteiger charge is 2.07. The van der Waals surface area contributed by atoms with Crippen molar-refractivity contribution in [2.45, 2.75) is 6.54 Å². The lowest BCUT2D eigenvalue weighted by Gasteiger charge is -2.13. The van der Waals surface area contributed by atoms with Gasteiger partial charge in [0.25, 0.3) is 0 Å². The third kappa shape index (κ3) is 4.24. The minimum Gasteiger partial charge on any atom is -0.366 e. The molecular weight excluding hydrogens is 298 g/mol. The van der Waals surface area contributed by atoms with Gasteiger partial charge in [0, 0.05) is 18.4 Å². The average molecular weight is 310 g/mol. The predicted molar refractivity (Wildman–Crippen MR) is 84.4 cm³/mol. The van der Waals surface area contributed by atoms with Crippen molar-refractivity contribution >= 4 is 17.3 Å². The molecule has 1 aromatic carbocycles. The Bertz CT molecular complexity index is 723. The number of para-hydroxylation sites is 1. The van der Waals surface area contributed by atoms with Crippen molar-refractivity contribution in [1.29, 1.82) is 10.5 Å². The second-order valence-corrected chi connectivity index (χ2v) is 4.69. The number of rotatable bonds is 5. The van der Waals surface area contributed by atoms with E-state index in [2.05, 4.69) is 15.6 Å². The van der Waals surface area contributed by atoms with Crippen LogP contribution in [0.15, 0.2) is 60.1 Å². The fourth-order valence-corrected chi connectivity index (χ4v) is 1.81. The molecule has 0 aliphatic rings. The third-order valence-corrected chi connectivity index (χ3v) is 3.00. The van der Waals surface area contributed by atoms with Gasteiger partial charge in [-0.25, -0.2) is 4.98 Å².